The van der Waals surface area contributed by atoms with E-state index in [2.05, 4.69) is 31.5 Å². The predicted octanol–water partition coefficient (Wildman–Crippen LogP) is 2.96. The molecule has 0 aliphatic heterocycles. The third kappa shape index (κ3) is 4.84. The number of methoxy groups -OCH3 is 1. The number of benzene rings is 1. The highest BCUT2D eigenvalue weighted by Gasteiger charge is 2.06. The second-order valence-corrected chi connectivity index (χ2v) is 5.26. The average molecular weight is 350 g/mol. The van der Waals surface area contributed by atoms with Crippen LogP contribution in [0.4, 0.5) is 11.4 Å². The van der Waals surface area contributed by atoms with Gasteiger partial charge in [-0.15, -0.1) is 0 Å². The number of anilines is 2. The Bertz CT molecular complexity index is 619. The number of halogens is 1. The van der Waals surface area contributed by atoms with Gasteiger partial charge in [-0.3, -0.25) is 9.78 Å². The SMILES string of the molecule is COCCNC(=O)c1cncc(Nc2cccc(Br)c2)c1. The van der Waals surface area contributed by atoms with E-state index >= 15 is 0 Å². The number of pyridine rings is 1. The van der Waals surface area contributed by atoms with Gasteiger partial charge < -0.3 is 15.4 Å². The maximum absolute atomic E-state index is 11.9. The van der Waals surface area contributed by atoms with E-state index in [-0.39, 0.29) is 5.91 Å². The number of nitrogens with one attached hydrogen (secondary N) is 2. The van der Waals surface area contributed by atoms with E-state index in [0.29, 0.717) is 18.7 Å². The number of hydrogen-bond acceptors (Lipinski definition) is 4. The van der Waals surface area contributed by atoms with Crippen molar-refractivity contribution in [1.29, 1.82) is 0 Å². The lowest BCUT2D eigenvalue weighted by Gasteiger charge is -2.08. The maximum Gasteiger partial charge on any atom is 0.253 e. The largest absolute Gasteiger partial charge is 0.383 e. The van der Waals surface area contributed by atoms with Crippen LogP contribution in [0.3, 0.4) is 0 Å². The Hall–Kier alpha value is -1.92. The number of hydrogen-bond donors (Lipinski definition) is 2. The van der Waals surface area contributed by atoms with Gasteiger partial charge in [-0.25, -0.2) is 0 Å². The molecule has 2 N–H and O–H groups in total. The number of nitrogens with zero attached hydrogens (tertiary/aromatic N) is 1. The molecule has 0 unspecified atom stereocenters. The van der Waals surface area contributed by atoms with Crippen LogP contribution in [-0.4, -0.2) is 31.2 Å². The molecule has 0 aliphatic rings. The van der Waals surface area contributed by atoms with E-state index in [1.165, 1.54) is 6.20 Å². The highest BCUT2D eigenvalue weighted by Crippen LogP contribution is 2.20. The minimum atomic E-state index is -0.169. The lowest BCUT2D eigenvalue weighted by molar-refractivity contribution is 0.0937. The zero-order valence-corrected chi connectivity index (χ0v) is 13.2. The first-order chi connectivity index (χ1) is 10.2. The third-order valence-corrected chi connectivity index (χ3v) is 3.20. The summed E-state index contributed by atoms with van der Waals surface area (Å²) in [5.41, 5.74) is 2.18. The van der Waals surface area contributed by atoms with E-state index in [0.717, 1.165) is 15.8 Å². The van der Waals surface area contributed by atoms with Crippen molar-refractivity contribution >= 4 is 33.2 Å². The quantitative estimate of drug-likeness (QED) is 0.787. The van der Waals surface area contributed by atoms with Gasteiger partial charge in [-0.05, 0) is 24.3 Å². The highest BCUT2D eigenvalue weighted by molar-refractivity contribution is 9.10. The average Bonchev–Trinajstić information content (AvgIpc) is 2.48. The molecule has 2 rings (SSSR count). The molecule has 0 aliphatic carbocycles. The first-order valence-electron chi connectivity index (χ1n) is 6.44. The van der Waals surface area contributed by atoms with Crippen molar-refractivity contribution in [3.05, 3.63) is 52.8 Å². The van der Waals surface area contributed by atoms with E-state index in [1.807, 2.05) is 24.3 Å². The van der Waals surface area contributed by atoms with E-state index in [1.54, 1.807) is 19.4 Å². The lowest BCUT2D eigenvalue weighted by Crippen LogP contribution is -2.27. The summed E-state index contributed by atoms with van der Waals surface area (Å²) in [6.45, 7) is 0.952. The Labute approximate surface area is 131 Å². The summed E-state index contributed by atoms with van der Waals surface area (Å²) in [7, 11) is 1.59. The molecule has 1 amide bonds. The van der Waals surface area contributed by atoms with Crippen LogP contribution in [0.1, 0.15) is 10.4 Å². The Balaban J connectivity index is 2.05. The second kappa shape index (κ2) is 7.75. The summed E-state index contributed by atoms with van der Waals surface area (Å²) < 4.78 is 5.88. The molecule has 6 heteroatoms. The molecule has 0 radical (unpaired) electrons. The van der Waals surface area contributed by atoms with E-state index in [4.69, 9.17) is 4.74 Å². The first kappa shape index (κ1) is 15.5. The van der Waals surface area contributed by atoms with Gasteiger partial charge in [-0.1, -0.05) is 22.0 Å². The Morgan fingerprint density at radius 3 is 2.90 bits per heavy atom. The van der Waals surface area contributed by atoms with Crippen LogP contribution in [-0.2, 0) is 4.74 Å². The fourth-order valence-corrected chi connectivity index (χ4v) is 2.13. The van der Waals surface area contributed by atoms with Gasteiger partial charge in [0.1, 0.15) is 0 Å². The Morgan fingerprint density at radius 1 is 1.29 bits per heavy atom. The molecule has 1 aromatic heterocycles. The molecular formula is C15H16BrN3O2. The smallest absolute Gasteiger partial charge is 0.253 e. The van der Waals surface area contributed by atoms with Gasteiger partial charge >= 0.3 is 0 Å². The van der Waals surface area contributed by atoms with Crippen molar-refractivity contribution in [3.8, 4) is 0 Å². The van der Waals surface area contributed by atoms with Crippen LogP contribution >= 0.6 is 15.9 Å². The number of aromatic nitrogens is 1. The molecule has 0 fully saturated rings. The number of amides is 1. The zero-order valence-electron chi connectivity index (χ0n) is 11.6. The molecule has 1 aromatic carbocycles. The molecule has 0 spiro atoms. The molecule has 21 heavy (non-hydrogen) atoms. The van der Waals surface area contributed by atoms with Crippen molar-refractivity contribution in [2.75, 3.05) is 25.6 Å². The van der Waals surface area contributed by atoms with Crippen LogP contribution in [0.15, 0.2) is 47.2 Å². The van der Waals surface area contributed by atoms with E-state index < -0.39 is 0 Å². The fraction of sp³-hybridized carbons (Fsp3) is 0.200. The van der Waals surface area contributed by atoms with Gasteiger partial charge in [0.05, 0.1) is 24.1 Å². The number of rotatable bonds is 6. The second-order valence-electron chi connectivity index (χ2n) is 4.35. The Kier molecular flexibility index (Phi) is 5.71. The molecule has 0 bridgehead atoms. The van der Waals surface area contributed by atoms with Crippen molar-refractivity contribution in [3.63, 3.8) is 0 Å². The van der Waals surface area contributed by atoms with Crippen LogP contribution in [0.25, 0.3) is 0 Å². The topological polar surface area (TPSA) is 63.2 Å². The summed E-state index contributed by atoms with van der Waals surface area (Å²) in [6.07, 6.45) is 3.21. The van der Waals surface area contributed by atoms with Crippen LogP contribution < -0.4 is 10.6 Å². The molecule has 2 aromatic rings. The molecule has 5 nitrogen and oxygen atoms in total. The minimum absolute atomic E-state index is 0.169. The summed E-state index contributed by atoms with van der Waals surface area (Å²) in [5, 5.41) is 5.97. The zero-order chi connectivity index (χ0) is 15.1. The lowest BCUT2D eigenvalue weighted by atomic mass is 10.2. The molecule has 0 atom stereocenters. The summed E-state index contributed by atoms with van der Waals surface area (Å²) >= 11 is 3.42. The van der Waals surface area contributed by atoms with Gasteiger partial charge in [0.25, 0.3) is 5.91 Å². The molecular weight excluding hydrogens is 334 g/mol. The molecule has 1 heterocycles. The normalized spacial score (nSPS) is 10.2. The summed E-state index contributed by atoms with van der Waals surface area (Å²) in [6, 6.07) is 9.53. The standard InChI is InChI=1S/C15H16BrN3O2/c1-21-6-5-18-15(20)11-7-14(10-17-9-11)19-13-4-2-3-12(16)8-13/h2-4,7-10,19H,5-6H2,1H3,(H,18,20). The third-order valence-electron chi connectivity index (χ3n) is 2.71. The first-order valence-corrected chi connectivity index (χ1v) is 7.23. The predicted molar refractivity (Wildman–Crippen MR) is 85.9 cm³/mol. The minimum Gasteiger partial charge on any atom is -0.383 e. The van der Waals surface area contributed by atoms with Crippen molar-refractivity contribution in [1.82, 2.24) is 10.3 Å². The highest BCUT2D eigenvalue weighted by atomic mass is 79.9. The monoisotopic (exact) mass is 349 g/mol. The van der Waals surface area contributed by atoms with Crippen molar-refractivity contribution in [2.24, 2.45) is 0 Å². The molecule has 110 valence electrons. The van der Waals surface area contributed by atoms with Crippen LogP contribution in [0, 0.1) is 0 Å². The van der Waals surface area contributed by atoms with Gasteiger partial charge in [0.2, 0.25) is 0 Å². The molecule has 0 saturated heterocycles. The van der Waals surface area contributed by atoms with Gasteiger partial charge in [-0.2, -0.15) is 0 Å². The Morgan fingerprint density at radius 2 is 2.14 bits per heavy atom. The van der Waals surface area contributed by atoms with Crippen LogP contribution in [0.5, 0.6) is 0 Å². The van der Waals surface area contributed by atoms with Crippen molar-refractivity contribution in [2.45, 2.75) is 0 Å². The number of ether oxygens (including phenoxy) is 1. The molecule has 0 saturated carbocycles. The summed E-state index contributed by atoms with van der Waals surface area (Å²) in [4.78, 5) is 16.0. The van der Waals surface area contributed by atoms with Crippen LogP contribution in [0.2, 0.25) is 0 Å². The number of carbonyl (C=O) groups is 1. The summed E-state index contributed by atoms with van der Waals surface area (Å²) in [5.74, 6) is -0.169. The van der Waals surface area contributed by atoms with E-state index in [9.17, 15) is 4.79 Å². The van der Waals surface area contributed by atoms with Gasteiger partial charge in [0.15, 0.2) is 0 Å². The van der Waals surface area contributed by atoms with Gasteiger partial charge in [0, 0.05) is 30.0 Å². The fourth-order valence-electron chi connectivity index (χ4n) is 1.73. The number of carbonyl (C=O) groups excluding carboxylic acids is 1. The van der Waals surface area contributed by atoms with Crippen molar-refractivity contribution < 1.29 is 9.53 Å². The maximum atomic E-state index is 11.9.